The SMILES string of the molecule is Cc1c(-c2cc3ccccc3c[n+]2C)c2c3ccccc3cc3c4ccccc4n1c32. The van der Waals surface area contributed by atoms with E-state index in [9.17, 15) is 0 Å². The molecule has 4 aromatic carbocycles. The quantitative estimate of drug-likeness (QED) is 0.270. The van der Waals surface area contributed by atoms with Gasteiger partial charge < -0.3 is 4.40 Å². The molecule has 0 radical (unpaired) electrons. The third-order valence-corrected chi connectivity index (χ3v) is 6.88. The van der Waals surface area contributed by atoms with Crippen LogP contribution in [0.5, 0.6) is 0 Å². The number of hydrogen-bond acceptors (Lipinski definition) is 0. The maximum absolute atomic E-state index is 2.47. The predicted molar refractivity (Wildman–Crippen MR) is 130 cm³/mol. The Morgan fingerprint density at radius 3 is 2.19 bits per heavy atom. The Labute approximate surface area is 179 Å². The third-order valence-electron chi connectivity index (χ3n) is 6.88. The Kier molecular flexibility index (Phi) is 3.17. The van der Waals surface area contributed by atoms with Crippen LogP contribution in [-0.4, -0.2) is 4.40 Å². The van der Waals surface area contributed by atoms with Crippen LogP contribution in [0.2, 0.25) is 0 Å². The molecule has 0 fully saturated rings. The highest BCUT2D eigenvalue weighted by Gasteiger charge is 2.26. The minimum absolute atomic E-state index is 1.25. The van der Waals surface area contributed by atoms with Crippen molar-refractivity contribution in [2.45, 2.75) is 6.92 Å². The second-order valence-corrected chi connectivity index (χ2v) is 8.58. The van der Waals surface area contributed by atoms with Crippen molar-refractivity contribution in [2.75, 3.05) is 0 Å². The maximum Gasteiger partial charge on any atom is 0.215 e. The van der Waals surface area contributed by atoms with E-state index in [-0.39, 0.29) is 0 Å². The van der Waals surface area contributed by atoms with Crippen LogP contribution >= 0.6 is 0 Å². The Bertz CT molecular complexity index is 1800. The summed E-state index contributed by atoms with van der Waals surface area (Å²) in [5, 5.41) is 9.16. The molecule has 0 saturated carbocycles. The summed E-state index contributed by atoms with van der Waals surface area (Å²) in [5.41, 5.74) is 6.49. The van der Waals surface area contributed by atoms with Crippen molar-refractivity contribution in [3.05, 3.63) is 96.8 Å². The van der Waals surface area contributed by atoms with Gasteiger partial charge in [0.05, 0.1) is 16.6 Å². The summed E-state index contributed by atoms with van der Waals surface area (Å²) in [5.74, 6) is 0. The van der Waals surface area contributed by atoms with Gasteiger partial charge in [0.2, 0.25) is 5.69 Å². The van der Waals surface area contributed by atoms with Gasteiger partial charge in [-0.2, -0.15) is 0 Å². The van der Waals surface area contributed by atoms with Gasteiger partial charge >= 0.3 is 0 Å². The van der Waals surface area contributed by atoms with E-state index in [0.717, 1.165) is 0 Å². The zero-order valence-corrected chi connectivity index (χ0v) is 17.6. The van der Waals surface area contributed by atoms with E-state index in [1.54, 1.807) is 0 Å². The summed E-state index contributed by atoms with van der Waals surface area (Å²) in [6.45, 7) is 2.27. The van der Waals surface area contributed by atoms with Gasteiger partial charge in [0.1, 0.15) is 7.05 Å². The molecule has 0 unspecified atom stereocenters. The van der Waals surface area contributed by atoms with Crippen molar-refractivity contribution in [1.29, 1.82) is 0 Å². The molecule has 3 aromatic heterocycles. The minimum atomic E-state index is 1.25. The molecular weight excluding hydrogens is 376 g/mol. The molecule has 7 rings (SSSR count). The molecule has 31 heavy (non-hydrogen) atoms. The van der Waals surface area contributed by atoms with Gasteiger partial charge in [-0.3, -0.25) is 0 Å². The van der Waals surface area contributed by atoms with E-state index in [0.29, 0.717) is 0 Å². The summed E-state index contributed by atoms with van der Waals surface area (Å²) < 4.78 is 4.75. The number of benzene rings is 4. The molecule has 0 aliphatic carbocycles. The molecule has 0 bridgehead atoms. The summed E-state index contributed by atoms with van der Waals surface area (Å²) in [7, 11) is 2.16. The van der Waals surface area contributed by atoms with E-state index < -0.39 is 0 Å². The van der Waals surface area contributed by atoms with E-state index in [2.05, 4.69) is 114 Å². The van der Waals surface area contributed by atoms with Crippen molar-refractivity contribution in [3.63, 3.8) is 0 Å². The fourth-order valence-electron chi connectivity index (χ4n) is 5.53. The van der Waals surface area contributed by atoms with Crippen LogP contribution in [-0.2, 0) is 7.05 Å². The van der Waals surface area contributed by atoms with Crippen molar-refractivity contribution in [3.8, 4) is 11.3 Å². The first-order chi connectivity index (χ1) is 15.2. The van der Waals surface area contributed by atoms with Crippen molar-refractivity contribution >= 4 is 48.7 Å². The summed E-state index contributed by atoms with van der Waals surface area (Å²) in [6, 6.07) is 30.9. The molecule has 0 N–H and O–H groups in total. The van der Waals surface area contributed by atoms with Gasteiger partial charge in [0.25, 0.3) is 0 Å². The highest BCUT2D eigenvalue weighted by Crippen LogP contribution is 2.44. The molecule has 2 heteroatoms. The standard InChI is InChI=1S/C29H21N2/c1-18-27(26-16-19-9-3-4-11-21(19)17-30(26)2)28-22-12-6-5-10-20(22)15-24-23-13-7-8-14-25(23)31(18)29(24)28/h3-17H,1-2H3/q+1. The molecule has 0 atom stereocenters. The summed E-state index contributed by atoms with van der Waals surface area (Å²) in [4.78, 5) is 0. The largest absolute Gasteiger partial charge is 0.312 e. The van der Waals surface area contributed by atoms with Crippen LogP contribution in [0.15, 0.2) is 91.1 Å². The zero-order valence-electron chi connectivity index (χ0n) is 17.6. The predicted octanol–water partition coefficient (Wildman–Crippen LogP) is 6.79. The molecule has 0 aliphatic heterocycles. The number of rotatable bonds is 1. The molecule has 3 heterocycles. The van der Waals surface area contributed by atoms with E-state index in [1.165, 1.54) is 65.7 Å². The van der Waals surface area contributed by atoms with Gasteiger partial charge in [0.15, 0.2) is 6.20 Å². The second-order valence-electron chi connectivity index (χ2n) is 8.58. The lowest BCUT2D eigenvalue weighted by atomic mass is 9.97. The summed E-state index contributed by atoms with van der Waals surface area (Å²) >= 11 is 0. The van der Waals surface area contributed by atoms with Crippen molar-refractivity contribution < 1.29 is 4.57 Å². The van der Waals surface area contributed by atoms with Crippen molar-refractivity contribution in [2.24, 2.45) is 7.05 Å². The highest BCUT2D eigenvalue weighted by atomic mass is 15.0. The normalized spacial score (nSPS) is 12.2. The smallest absolute Gasteiger partial charge is 0.215 e. The number of nitrogens with zero attached hydrogens (tertiary/aromatic N) is 2. The molecular formula is C29H21N2+. The fraction of sp³-hybridized carbons (Fsp3) is 0.0690. The lowest BCUT2D eigenvalue weighted by Gasteiger charge is -2.07. The second kappa shape index (κ2) is 5.83. The van der Waals surface area contributed by atoms with E-state index in [1.807, 2.05) is 0 Å². The van der Waals surface area contributed by atoms with Gasteiger partial charge in [-0.05, 0) is 41.3 Å². The van der Waals surface area contributed by atoms with Crippen molar-refractivity contribution in [1.82, 2.24) is 4.40 Å². The number of pyridine rings is 1. The average molecular weight is 398 g/mol. The third kappa shape index (κ3) is 2.09. The lowest BCUT2D eigenvalue weighted by molar-refractivity contribution is -0.659. The number of para-hydroxylation sites is 1. The van der Waals surface area contributed by atoms with Gasteiger partial charge in [-0.1, -0.05) is 60.7 Å². The molecule has 146 valence electrons. The monoisotopic (exact) mass is 397 g/mol. The molecule has 7 aromatic rings. The zero-order chi connectivity index (χ0) is 20.7. The minimum Gasteiger partial charge on any atom is -0.312 e. The Morgan fingerprint density at radius 2 is 1.35 bits per heavy atom. The van der Waals surface area contributed by atoms with Gasteiger partial charge in [-0.15, -0.1) is 0 Å². The van der Waals surface area contributed by atoms with Crippen LogP contribution in [0, 0.1) is 6.92 Å². The number of aromatic nitrogens is 2. The Morgan fingerprint density at radius 1 is 0.677 bits per heavy atom. The first-order valence-electron chi connectivity index (χ1n) is 10.8. The topological polar surface area (TPSA) is 8.29 Å². The first-order valence-corrected chi connectivity index (χ1v) is 10.8. The maximum atomic E-state index is 2.47. The average Bonchev–Trinajstić information content (AvgIpc) is 3.29. The Balaban J connectivity index is 1.77. The molecule has 0 aliphatic rings. The van der Waals surface area contributed by atoms with Gasteiger partial charge in [-0.25, -0.2) is 4.57 Å². The van der Waals surface area contributed by atoms with E-state index in [4.69, 9.17) is 0 Å². The van der Waals surface area contributed by atoms with Crippen LogP contribution in [0.4, 0.5) is 0 Å². The van der Waals surface area contributed by atoms with E-state index >= 15 is 0 Å². The fourth-order valence-corrected chi connectivity index (χ4v) is 5.53. The number of hydrogen-bond donors (Lipinski definition) is 0. The van der Waals surface area contributed by atoms with Crippen LogP contribution < -0.4 is 4.57 Å². The van der Waals surface area contributed by atoms with Crippen LogP contribution in [0.1, 0.15) is 5.69 Å². The molecule has 0 saturated heterocycles. The summed E-state index contributed by atoms with van der Waals surface area (Å²) in [6.07, 6.45) is 2.25. The lowest BCUT2D eigenvalue weighted by Crippen LogP contribution is -2.30. The number of aryl methyl sites for hydroxylation is 2. The van der Waals surface area contributed by atoms with Crippen LogP contribution in [0.25, 0.3) is 60.0 Å². The first kappa shape index (κ1) is 16.8. The molecule has 2 nitrogen and oxygen atoms in total. The Hall–Kier alpha value is -3.91. The molecule has 0 spiro atoms. The number of fused-ring (bicyclic) bond motifs is 6. The highest BCUT2D eigenvalue weighted by molar-refractivity contribution is 6.27. The van der Waals surface area contributed by atoms with Gasteiger partial charge in [0, 0.05) is 33.3 Å². The van der Waals surface area contributed by atoms with Crippen LogP contribution in [0.3, 0.4) is 0 Å². The molecule has 0 amide bonds.